The van der Waals surface area contributed by atoms with Crippen LogP contribution in [0.4, 0.5) is 0 Å². The van der Waals surface area contributed by atoms with Crippen LogP contribution in [0.2, 0.25) is 0 Å². The van der Waals surface area contributed by atoms with Gasteiger partial charge in [-0.1, -0.05) is 48.0 Å². The summed E-state index contributed by atoms with van der Waals surface area (Å²) in [6.07, 6.45) is -0.110. The van der Waals surface area contributed by atoms with Crippen LogP contribution in [0, 0.1) is 6.92 Å². The second kappa shape index (κ2) is 8.47. The van der Waals surface area contributed by atoms with Crippen LogP contribution in [0.3, 0.4) is 0 Å². The van der Waals surface area contributed by atoms with Crippen molar-refractivity contribution in [3.05, 3.63) is 70.8 Å². The lowest BCUT2D eigenvalue weighted by molar-refractivity contribution is 0.0375. The summed E-state index contributed by atoms with van der Waals surface area (Å²) in [6, 6.07) is 16.8. The molecule has 0 spiro atoms. The van der Waals surface area contributed by atoms with E-state index in [0.29, 0.717) is 11.6 Å². The first kappa shape index (κ1) is 18.6. The van der Waals surface area contributed by atoms with Gasteiger partial charge in [-0.05, 0) is 38.0 Å². The van der Waals surface area contributed by atoms with Crippen molar-refractivity contribution in [2.24, 2.45) is 0 Å². The van der Waals surface area contributed by atoms with Gasteiger partial charge in [0.15, 0.2) is 0 Å². The van der Waals surface area contributed by atoms with E-state index in [0.717, 1.165) is 31.7 Å². The predicted octanol–water partition coefficient (Wildman–Crippen LogP) is 3.71. The lowest BCUT2D eigenvalue weighted by Crippen LogP contribution is -2.45. The lowest BCUT2D eigenvalue weighted by atomic mass is 10.0. The van der Waals surface area contributed by atoms with Gasteiger partial charge in [0.05, 0.1) is 11.7 Å². The van der Waals surface area contributed by atoms with Crippen molar-refractivity contribution < 1.29 is 9.53 Å². The van der Waals surface area contributed by atoms with Crippen molar-refractivity contribution in [3.8, 4) is 0 Å². The highest BCUT2D eigenvalue weighted by Gasteiger charge is 2.22. The van der Waals surface area contributed by atoms with Crippen LogP contribution in [-0.4, -0.2) is 36.6 Å². The van der Waals surface area contributed by atoms with Crippen LogP contribution in [0.25, 0.3) is 0 Å². The Labute approximate surface area is 156 Å². The molecule has 0 saturated carbocycles. The zero-order chi connectivity index (χ0) is 18.5. The van der Waals surface area contributed by atoms with E-state index in [1.54, 1.807) is 0 Å². The maximum absolute atomic E-state index is 12.4. The number of aryl methyl sites for hydroxylation is 1. The Morgan fingerprint density at radius 2 is 1.92 bits per heavy atom. The fourth-order valence-corrected chi connectivity index (χ4v) is 3.35. The topological polar surface area (TPSA) is 41.6 Å². The SMILES string of the molecule is Cc1ccc(C2CN(Cc3ccccc3C(=O)OC(C)C)CCN2)cc1. The Balaban J connectivity index is 1.71. The van der Waals surface area contributed by atoms with E-state index >= 15 is 0 Å². The zero-order valence-corrected chi connectivity index (χ0v) is 15.9. The smallest absolute Gasteiger partial charge is 0.338 e. The second-order valence-electron chi connectivity index (χ2n) is 7.26. The Bertz CT molecular complexity index is 740. The standard InChI is InChI=1S/C22H28N2O2/c1-16(2)26-22(25)20-7-5-4-6-19(20)14-24-13-12-23-21(15-24)18-10-8-17(3)9-11-18/h4-11,16,21,23H,12-15H2,1-3H3. The van der Waals surface area contributed by atoms with E-state index in [4.69, 9.17) is 4.74 Å². The maximum atomic E-state index is 12.4. The molecular formula is C22H28N2O2. The Morgan fingerprint density at radius 3 is 2.65 bits per heavy atom. The van der Waals surface area contributed by atoms with Crippen LogP contribution < -0.4 is 5.32 Å². The number of hydrogen-bond donors (Lipinski definition) is 1. The minimum Gasteiger partial charge on any atom is -0.459 e. The molecule has 0 aliphatic carbocycles. The number of nitrogens with zero attached hydrogens (tertiary/aromatic N) is 1. The van der Waals surface area contributed by atoms with E-state index in [9.17, 15) is 4.79 Å². The third-order valence-corrected chi connectivity index (χ3v) is 4.71. The molecule has 1 atom stereocenters. The molecule has 1 heterocycles. The summed E-state index contributed by atoms with van der Waals surface area (Å²) in [7, 11) is 0. The minimum atomic E-state index is -0.235. The van der Waals surface area contributed by atoms with Crippen molar-refractivity contribution in [1.29, 1.82) is 0 Å². The molecular weight excluding hydrogens is 324 g/mol. The molecule has 0 bridgehead atoms. The lowest BCUT2D eigenvalue weighted by Gasteiger charge is -2.34. The molecule has 0 radical (unpaired) electrons. The molecule has 1 unspecified atom stereocenters. The number of carbonyl (C=O) groups is 1. The average Bonchev–Trinajstić information content (AvgIpc) is 2.62. The van der Waals surface area contributed by atoms with Crippen LogP contribution in [0.15, 0.2) is 48.5 Å². The Hall–Kier alpha value is -2.17. The first-order valence-corrected chi connectivity index (χ1v) is 9.34. The number of hydrogen-bond acceptors (Lipinski definition) is 4. The van der Waals surface area contributed by atoms with Crippen molar-refractivity contribution >= 4 is 5.97 Å². The molecule has 1 aliphatic rings. The minimum absolute atomic E-state index is 0.110. The normalized spacial score (nSPS) is 18.1. The van der Waals surface area contributed by atoms with Gasteiger partial charge in [0.25, 0.3) is 0 Å². The van der Waals surface area contributed by atoms with Crippen LogP contribution in [0.1, 0.15) is 46.9 Å². The number of nitrogens with one attached hydrogen (secondary N) is 1. The number of piperazine rings is 1. The monoisotopic (exact) mass is 352 g/mol. The summed E-state index contributed by atoms with van der Waals surface area (Å²) in [5.74, 6) is -0.235. The van der Waals surface area contributed by atoms with Crippen molar-refractivity contribution in [1.82, 2.24) is 10.2 Å². The summed E-state index contributed by atoms with van der Waals surface area (Å²) in [4.78, 5) is 14.8. The number of rotatable bonds is 5. The Kier molecular flexibility index (Phi) is 6.07. The molecule has 4 heteroatoms. The summed E-state index contributed by atoms with van der Waals surface area (Å²) >= 11 is 0. The highest BCUT2D eigenvalue weighted by molar-refractivity contribution is 5.91. The van der Waals surface area contributed by atoms with Gasteiger partial charge in [-0.25, -0.2) is 4.79 Å². The summed E-state index contributed by atoms with van der Waals surface area (Å²) in [6.45, 7) is 9.46. The number of carbonyl (C=O) groups excluding carboxylic acids is 1. The molecule has 2 aromatic carbocycles. The third kappa shape index (κ3) is 4.71. The van der Waals surface area contributed by atoms with E-state index in [-0.39, 0.29) is 12.1 Å². The molecule has 1 fully saturated rings. The Morgan fingerprint density at radius 1 is 1.19 bits per heavy atom. The van der Waals surface area contributed by atoms with Crippen LogP contribution >= 0.6 is 0 Å². The molecule has 1 N–H and O–H groups in total. The van der Waals surface area contributed by atoms with Gasteiger partial charge in [-0.3, -0.25) is 4.90 Å². The van der Waals surface area contributed by atoms with E-state index in [1.165, 1.54) is 11.1 Å². The van der Waals surface area contributed by atoms with Crippen LogP contribution in [-0.2, 0) is 11.3 Å². The molecule has 2 aromatic rings. The first-order valence-electron chi connectivity index (χ1n) is 9.34. The van der Waals surface area contributed by atoms with Gasteiger partial charge in [-0.15, -0.1) is 0 Å². The highest BCUT2D eigenvalue weighted by Crippen LogP contribution is 2.21. The number of benzene rings is 2. The first-order chi connectivity index (χ1) is 12.5. The van der Waals surface area contributed by atoms with Crippen LogP contribution in [0.5, 0.6) is 0 Å². The van der Waals surface area contributed by atoms with Crippen molar-refractivity contribution in [3.63, 3.8) is 0 Å². The van der Waals surface area contributed by atoms with E-state index in [1.807, 2.05) is 38.1 Å². The van der Waals surface area contributed by atoms with Crippen molar-refractivity contribution in [2.45, 2.75) is 39.5 Å². The average molecular weight is 352 g/mol. The molecule has 0 amide bonds. The van der Waals surface area contributed by atoms with Gasteiger partial charge in [-0.2, -0.15) is 0 Å². The predicted molar refractivity (Wildman–Crippen MR) is 104 cm³/mol. The van der Waals surface area contributed by atoms with Gasteiger partial charge >= 0.3 is 5.97 Å². The fourth-order valence-electron chi connectivity index (χ4n) is 3.35. The summed E-state index contributed by atoms with van der Waals surface area (Å²) < 4.78 is 5.40. The molecule has 3 rings (SSSR count). The van der Waals surface area contributed by atoms with E-state index < -0.39 is 0 Å². The van der Waals surface area contributed by atoms with Gasteiger partial charge < -0.3 is 10.1 Å². The number of ether oxygens (including phenoxy) is 1. The third-order valence-electron chi connectivity index (χ3n) is 4.71. The second-order valence-corrected chi connectivity index (χ2v) is 7.26. The molecule has 1 saturated heterocycles. The molecule has 1 aliphatic heterocycles. The fraction of sp³-hybridized carbons (Fsp3) is 0.409. The molecule has 138 valence electrons. The van der Waals surface area contributed by atoms with Gasteiger partial charge in [0, 0.05) is 32.2 Å². The summed E-state index contributed by atoms with van der Waals surface area (Å²) in [5.41, 5.74) is 4.29. The van der Waals surface area contributed by atoms with Gasteiger partial charge in [0.2, 0.25) is 0 Å². The largest absolute Gasteiger partial charge is 0.459 e. The molecule has 26 heavy (non-hydrogen) atoms. The maximum Gasteiger partial charge on any atom is 0.338 e. The van der Waals surface area contributed by atoms with E-state index in [2.05, 4.69) is 41.4 Å². The number of esters is 1. The summed E-state index contributed by atoms with van der Waals surface area (Å²) in [5, 5.41) is 3.60. The quantitative estimate of drug-likeness (QED) is 0.833. The molecule has 4 nitrogen and oxygen atoms in total. The van der Waals surface area contributed by atoms with Crippen molar-refractivity contribution in [2.75, 3.05) is 19.6 Å². The highest BCUT2D eigenvalue weighted by atomic mass is 16.5. The van der Waals surface area contributed by atoms with Gasteiger partial charge in [0.1, 0.15) is 0 Å². The molecule has 0 aromatic heterocycles. The zero-order valence-electron chi connectivity index (χ0n) is 15.9.